The second-order valence-electron chi connectivity index (χ2n) is 5.59. The maximum atomic E-state index is 13.7. The van der Waals surface area contributed by atoms with Crippen LogP contribution in [0.5, 0.6) is 0 Å². The first-order valence-electron chi connectivity index (χ1n) is 7.32. The Morgan fingerprint density at radius 2 is 1.96 bits per heavy atom. The van der Waals surface area contributed by atoms with Crippen molar-refractivity contribution in [3.8, 4) is 0 Å². The molecule has 1 heterocycles. The van der Waals surface area contributed by atoms with Crippen LogP contribution in [0.4, 0.5) is 20.2 Å². The quantitative estimate of drug-likeness (QED) is 0.850. The smallest absolute Gasteiger partial charge is 0.262 e. The maximum absolute atomic E-state index is 13.7. The molecule has 0 fully saturated rings. The number of halogens is 2. The van der Waals surface area contributed by atoms with Gasteiger partial charge in [0.05, 0.1) is 16.3 Å². The van der Waals surface area contributed by atoms with Gasteiger partial charge in [0.25, 0.3) is 10.0 Å². The number of nitrogens with one attached hydrogen (secondary N) is 2. The predicted molar refractivity (Wildman–Crippen MR) is 92.1 cm³/mol. The summed E-state index contributed by atoms with van der Waals surface area (Å²) in [6, 6.07) is 6.72. The van der Waals surface area contributed by atoms with Crippen molar-refractivity contribution in [1.82, 2.24) is 0 Å². The molecule has 2 aromatic carbocycles. The molecule has 1 aliphatic heterocycles. The van der Waals surface area contributed by atoms with Crippen molar-refractivity contribution in [1.29, 1.82) is 0 Å². The minimum absolute atomic E-state index is 0.162. The van der Waals surface area contributed by atoms with Crippen LogP contribution in [-0.2, 0) is 14.8 Å². The van der Waals surface area contributed by atoms with Crippen LogP contribution in [0.25, 0.3) is 0 Å². The van der Waals surface area contributed by atoms with Crippen LogP contribution >= 0.6 is 11.8 Å². The van der Waals surface area contributed by atoms with Crippen LogP contribution in [0.2, 0.25) is 0 Å². The van der Waals surface area contributed by atoms with Crippen molar-refractivity contribution in [3.63, 3.8) is 0 Å². The molecule has 0 aliphatic carbocycles. The third-order valence-corrected chi connectivity index (χ3v) is 6.33. The van der Waals surface area contributed by atoms with Gasteiger partial charge < -0.3 is 5.32 Å². The molecule has 1 amide bonds. The lowest BCUT2D eigenvalue weighted by atomic mass is 10.2. The third-order valence-electron chi connectivity index (χ3n) is 3.63. The molecular weight excluding hydrogens is 370 g/mol. The second kappa shape index (κ2) is 6.64. The topological polar surface area (TPSA) is 75.3 Å². The Labute approximate surface area is 147 Å². The van der Waals surface area contributed by atoms with Crippen LogP contribution < -0.4 is 10.0 Å². The highest BCUT2D eigenvalue weighted by molar-refractivity contribution is 7.99. The van der Waals surface area contributed by atoms with E-state index in [1.165, 1.54) is 23.9 Å². The molecule has 0 unspecified atom stereocenters. The molecule has 5 nitrogen and oxygen atoms in total. The fraction of sp³-hybridized carbons (Fsp3) is 0.188. The summed E-state index contributed by atoms with van der Waals surface area (Å²) in [7, 11) is -4.15. The molecule has 0 aromatic heterocycles. The molecule has 0 spiro atoms. The number of hydrogen-bond acceptors (Lipinski definition) is 4. The minimum Gasteiger partial charge on any atom is -0.325 e. The Morgan fingerprint density at radius 1 is 1.20 bits per heavy atom. The number of benzene rings is 2. The van der Waals surface area contributed by atoms with Crippen LogP contribution in [-0.4, -0.2) is 20.1 Å². The molecule has 2 aromatic rings. The monoisotopic (exact) mass is 384 g/mol. The van der Waals surface area contributed by atoms with Gasteiger partial charge in [0, 0.05) is 22.6 Å². The predicted octanol–water partition coefficient (Wildman–Crippen LogP) is 3.45. The van der Waals surface area contributed by atoms with E-state index in [0.29, 0.717) is 11.4 Å². The van der Waals surface area contributed by atoms with Gasteiger partial charge >= 0.3 is 0 Å². The van der Waals surface area contributed by atoms with Gasteiger partial charge in [0.2, 0.25) is 5.91 Å². The summed E-state index contributed by atoms with van der Waals surface area (Å²) >= 11 is 1.44. The summed E-state index contributed by atoms with van der Waals surface area (Å²) in [5, 5.41) is 2.68. The molecule has 2 N–H and O–H groups in total. The molecule has 0 bridgehead atoms. The van der Waals surface area contributed by atoms with Crippen LogP contribution in [0.1, 0.15) is 6.92 Å². The fourth-order valence-corrected chi connectivity index (χ4v) is 4.32. The minimum atomic E-state index is -4.15. The zero-order valence-corrected chi connectivity index (χ0v) is 14.7. The Kier molecular flexibility index (Phi) is 4.70. The van der Waals surface area contributed by atoms with E-state index in [1.807, 2.05) is 4.72 Å². The largest absolute Gasteiger partial charge is 0.325 e. The molecule has 0 saturated heterocycles. The average molecular weight is 384 g/mol. The van der Waals surface area contributed by atoms with E-state index in [2.05, 4.69) is 5.32 Å². The lowest BCUT2D eigenvalue weighted by molar-refractivity contribution is -0.118. The van der Waals surface area contributed by atoms with Gasteiger partial charge in [-0.1, -0.05) is 6.92 Å². The number of carbonyl (C=O) groups excluding carboxylic acids is 1. The summed E-state index contributed by atoms with van der Waals surface area (Å²) in [6.07, 6.45) is 0. The fourth-order valence-electron chi connectivity index (χ4n) is 2.23. The van der Waals surface area contributed by atoms with Crippen molar-refractivity contribution >= 4 is 39.1 Å². The highest BCUT2D eigenvalue weighted by atomic mass is 32.2. The lowest BCUT2D eigenvalue weighted by Gasteiger charge is -2.12. The van der Waals surface area contributed by atoms with Gasteiger partial charge in [-0.15, -0.1) is 11.8 Å². The standard InChI is InChI=1S/C16H14F2N2O3S2/c1-9-8-24-15-5-3-11(7-14(15)19-16(9)21)25(22,23)20-13-6-10(17)2-4-12(13)18/h2-7,9,20H,8H2,1H3,(H,19,21)/t9-/m1/s1. The van der Waals surface area contributed by atoms with Crippen LogP contribution in [0.3, 0.4) is 0 Å². The van der Waals surface area contributed by atoms with Crippen molar-refractivity contribution in [2.75, 3.05) is 15.8 Å². The van der Waals surface area contributed by atoms with E-state index in [9.17, 15) is 22.0 Å². The molecule has 0 radical (unpaired) electrons. The first kappa shape index (κ1) is 17.7. The summed E-state index contributed by atoms with van der Waals surface area (Å²) in [5.74, 6) is -1.49. The highest BCUT2D eigenvalue weighted by Gasteiger charge is 2.23. The van der Waals surface area contributed by atoms with Gasteiger partial charge in [0.15, 0.2) is 0 Å². The number of amides is 1. The SMILES string of the molecule is C[C@@H]1CSc2ccc(S(=O)(=O)Nc3cc(F)ccc3F)cc2NC1=O. The van der Waals surface area contributed by atoms with Crippen LogP contribution in [0.15, 0.2) is 46.2 Å². The second-order valence-corrected chi connectivity index (χ2v) is 8.33. The number of hydrogen-bond donors (Lipinski definition) is 2. The van der Waals surface area contributed by atoms with Gasteiger partial charge in [-0.2, -0.15) is 0 Å². The molecule has 132 valence electrons. The molecule has 25 heavy (non-hydrogen) atoms. The lowest BCUT2D eigenvalue weighted by Crippen LogP contribution is -2.20. The van der Waals surface area contributed by atoms with Crippen molar-refractivity contribution in [2.24, 2.45) is 5.92 Å². The summed E-state index contributed by atoms with van der Waals surface area (Å²) in [5.41, 5.74) is -0.107. The number of anilines is 2. The van der Waals surface area contributed by atoms with E-state index in [4.69, 9.17) is 0 Å². The third kappa shape index (κ3) is 3.77. The highest BCUT2D eigenvalue weighted by Crippen LogP contribution is 2.34. The van der Waals surface area contributed by atoms with E-state index in [0.717, 1.165) is 23.1 Å². The summed E-state index contributed by atoms with van der Waals surface area (Å²) in [6.45, 7) is 1.78. The molecule has 3 rings (SSSR count). The molecular formula is C16H14F2N2O3S2. The Balaban J connectivity index is 1.95. The normalized spacial score (nSPS) is 17.4. The first-order chi connectivity index (χ1) is 11.8. The van der Waals surface area contributed by atoms with Gasteiger partial charge in [-0.25, -0.2) is 17.2 Å². The zero-order chi connectivity index (χ0) is 18.2. The van der Waals surface area contributed by atoms with Crippen LogP contribution in [0, 0.1) is 17.6 Å². The number of sulfonamides is 1. The number of fused-ring (bicyclic) bond motifs is 1. The van der Waals surface area contributed by atoms with E-state index < -0.39 is 27.3 Å². The van der Waals surface area contributed by atoms with Gasteiger partial charge in [-0.05, 0) is 30.3 Å². The maximum Gasteiger partial charge on any atom is 0.262 e. The molecule has 9 heteroatoms. The van der Waals surface area contributed by atoms with E-state index in [-0.39, 0.29) is 16.7 Å². The Bertz CT molecular complexity index is 948. The Hall–Kier alpha value is -2.13. The van der Waals surface area contributed by atoms with Gasteiger partial charge in [-0.3, -0.25) is 9.52 Å². The van der Waals surface area contributed by atoms with Crippen molar-refractivity contribution in [3.05, 3.63) is 48.0 Å². The average Bonchev–Trinajstić information content (AvgIpc) is 2.69. The molecule has 1 atom stereocenters. The van der Waals surface area contributed by atoms with Crippen molar-refractivity contribution in [2.45, 2.75) is 16.7 Å². The van der Waals surface area contributed by atoms with Gasteiger partial charge in [0.1, 0.15) is 11.6 Å². The van der Waals surface area contributed by atoms with E-state index in [1.54, 1.807) is 13.0 Å². The summed E-state index contributed by atoms with van der Waals surface area (Å²) < 4.78 is 53.9. The van der Waals surface area contributed by atoms with Crippen molar-refractivity contribution < 1.29 is 22.0 Å². The molecule has 0 saturated carbocycles. The Morgan fingerprint density at radius 3 is 2.72 bits per heavy atom. The number of carbonyl (C=O) groups is 1. The zero-order valence-electron chi connectivity index (χ0n) is 13.0. The number of thioether (sulfide) groups is 1. The summed E-state index contributed by atoms with van der Waals surface area (Å²) in [4.78, 5) is 12.5. The number of rotatable bonds is 3. The molecule has 1 aliphatic rings. The van der Waals surface area contributed by atoms with E-state index >= 15 is 0 Å². The first-order valence-corrected chi connectivity index (χ1v) is 9.79.